The van der Waals surface area contributed by atoms with Crippen molar-refractivity contribution in [3.63, 3.8) is 0 Å². The number of hydrogen-bond acceptors (Lipinski definition) is 5. The molecule has 4 aromatic carbocycles. The third-order valence-electron chi connectivity index (χ3n) is 7.09. The minimum absolute atomic E-state index is 0.0248. The largest absolute Gasteiger partial charge is 0.495 e. The van der Waals surface area contributed by atoms with Crippen LogP contribution in [-0.2, 0) is 32.6 Å². The molecule has 0 heterocycles. The highest BCUT2D eigenvalue weighted by Crippen LogP contribution is 2.35. The Morgan fingerprint density at radius 2 is 1.52 bits per heavy atom. The smallest absolute Gasteiger partial charge is 0.264 e. The first-order valence-electron chi connectivity index (χ1n) is 14.6. The summed E-state index contributed by atoms with van der Waals surface area (Å²) in [6.45, 7) is 4.40. The van der Waals surface area contributed by atoms with Gasteiger partial charge in [0, 0.05) is 29.1 Å². The van der Waals surface area contributed by atoms with Gasteiger partial charge in [0.2, 0.25) is 11.8 Å². The monoisotopic (exact) mass is 665 g/mol. The summed E-state index contributed by atoms with van der Waals surface area (Å²) in [7, 11) is -3.00. The fraction of sp³-hybridized carbons (Fsp3) is 0.257. The third kappa shape index (κ3) is 8.64. The van der Waals surface area contributed by atoms with Crippen molar-refractivity contribution >= 4 is 39.1 Å². The van der Waals surface area contributed by atoms with E-state index in [2.05, 4.69) is 5.32 Å². The van der Waals surface area contributed by atoms with E-state index in [-0.39, 0.29) is 39.9 Å². The van der Waals surface area contributed by atoms with Crippen LogP contribution in [-0.4, -0.2) is 50.4 Å². The Balaban J connectivity index is 1.87. The molecule has 0 aliphatic rings. The van der Waals surface area contributed by atoms with Gasteiger partial charge < -0.3 is 15.0 Å². The number of rotatable bonds is 12. The third-order valence-corrected chi connectivity index (χ3v) is 9.10. The number of methoxy groups -OCH3 is 1. The highest BCUT2D eigenvalue weighted by Gasteiger charge is 2.36. The van der Waals surface area contributed by atoms with Crippen LogP contribution in [0.4, 0.5) is 10.1 Å². The fourth-order valence-electron chi connectivity index (χ4n) is 4.91. The van der Waals surface area contributed by atoms with Gasteiger partial charge in [0.25, 0.3) is 10.0 Å². The minimum Gasteiger partial charge on any atom is -0.495 e. The van der Waals surface area contributed by atoms with Crippen LogP contribution in [0.1, 0.15) is 31.9 Å². The summed E-state index contributed by atoms with van der Waals surface area (Å²) in [6, 6.07) is 26.0. The van der Waals surface area contributed by atoms with Crippen molar-refractivity contribution in [1.82, 2.24) is 10.2 Å². The quantitative estimate of drug-likeness (QED) is 0.193. The van der Waals surface area contributed by atoms with Crippen LogP contribution in [0.5, 0.6) is 5.75 Å². The lowest BCUT2D eigenvalue weighted by molar-refractivity contribution is -0.140. The van der Waals surface area contributed by atoms with E-state index in [1.807, 2.05) is 51.1 Å². The number of anilines is 1. The molecule has 11 heteroatoms. The molecule has 8 nitrogen and oxygen atoms in total. The van der Waals surface area contributed by atoms with Crippen molar-refractivity contribution in [2.45, 2.75) is 50.2 Å². The number of nitrogens with zero attached hydrogens (tertiary/aromatic N) is 2. The zero-order chi connectivity index (χ0) is 33.5. The van der Waals surface area contributed by atoms with Gasteiger partial charge in [0.15, 0.2) is 0 Å². The predicted octanol–water partition coefficient (Wildman–Crippen LogP) is 6.24. The Kier molecular flexibility index (Phi) is 11.1. The first-order chi connectivity index (χ1) is 21.8. The topological polar surface area (TPSA) is 96.0 Å². The molecular formula is C35H37ClFN3O5S. The van der Waals surface area contributed by atoms with E-state index in [9.17, 15) is 18.0 Å². The molecule has 0 saturated heterocycles. The van der Waals surface area contributed by atoms with Gasteiger partial charge in [-0.2, -0.15) is 0 Å². The molecule has 4 aromatic rings. The van der Waals surface area contributed by atoms with E-state index < -0.39 is 45.8 Å². The summed E-state index contributed by atoms with van der Waals surface area (Å²) in [5, 5.41) is 3.16. The number of nitrogens with one attached hydrogen (secondary N) is 1. The van der Waals surface area contributed by atoms with Crippen LogP contribution < -0.4 is 14.4 Å². The van der Waals surface area contributed by atoms with Crippen LogP contribution in [0.15, 0.2) is 108 Å². The molecular weight excluding hydrogens is 629 g/mol. The fourth-order valence-corrected chi connectivity index (χ4v) is 6.51. The van der Waals surface area contributed by atoms with E-state index in [1.165, 1.54) is 60.5 Å². The number of sulfonamides is 1. The van der Waals surface area contributed by atoms with Gasteiger partial charge >= 0.3 is 0 Å². The number of ether oxygens (including phenoxy) is 1. The molecule has 0 aliphatic carbocycles. The van der Waals surface area contributed by atoms with E-state index in [0.717, 1.165) is 9.87 Å². The van der Waals surface area contributed by atoms with Crippen LogP contribution in [0, 0.1) is 5.82 Å². The summed E-state index contributed by atoms with van der Waals surface area (Å²) < 4.78 is 49.8. The zero-order valence-electron chi connectivity index (χ0n) is 26.1. The van der Waals surface area contributed by atoms with E-state index in [0.29, 0.717) is 0 Å². The number of carbonyl (C=O) groups is 2. The van der Waals surface area contributed by atoms with Gasteiger partial charge in [0.1, 0.15) is 24.2 Å². The SMILES string of the molecule is COc1ccc(Cl)cc1N(CC(=O)N(Cc1ccccc1F)[C@H](Cc1ccccc1)C(=O)NC(C)(C)C)S(=O)(=O)c1ccccc1. The van der Waals surface area contributed by atoms with Gasteiger partial charge in [0.05, 0.1) is 17.7 Å². The maximum absolute atomic E-state index is 15.1. The van der Waals surface area contributed by atoms with Crippen molar-refractivity contribution in [1.29, 1.82) is 0 Å². The average molecular weight is 666 g/mol. The second-order valence-electron chi connectivity index (χ2n) is 11.7. The van der Waals surface area contributed by atoms with Crippen molar-refractivity contribution in [3.8, 4) is 5.75 Å². The standard InChI is InChI=1S/C35H37ClFN3O5S/c1-35(2,3)38-34(42)31(21-25-13-7-5-8-14-25)39(23-26-15-11-12-18-29(26)37)33(41)24-40(30-22-27(36)19-20-32(30)45-4)46(43,44)28-16-9-6-10-17-28/h5-20,22,31H,21,23-24H2,1-4H3,(H,38,42)/t31-/m1/s1. The van der Waals surface area contributed by atoms with Gasteiger partial charge in [-0.15, -0.1) is 0 Å². The molecule has 0 spiro atoms. The number of amides is 2. The highest BCUT2D eigenvalue weighted by atomic mass is 35.5. The molecule has 0 unspecified atom stereocenters. The molecule has 0 bridgehead atoms. The Hall–Kier alpha value is -4.41. The Morgan fingerprint density at radius 1 is 0.913 bits per heavy atom. The molecule has 0 radical (unpaired) electrons. The predicted molar refractivity (Wildman–Crippen MR) is 178 cm³/mol. The van der Waals surface area contributed by atoms with E-state index in [1.54, 1.807) is 24.3 Å². The number of benzene rings is 4. The lowest BCUT2D eigenvalue weighted by atomic mass is 10.0. The Labute approximate surface area is 274 Å². The molecule has 4 rings (SSSR count). The summed E-state index contributed by atoms with van der Waals surface area (Å²) in [5.74, 6) is -1.63. The molecule has 0 aromatic heterocycles. The zero-order valence-corrected chi connectivity index (χ0v) is 27.7. The van der Waals surface area contributed by atoms with Crippen molar-refractivity contribution in [3.05, 3.63) is 125 Å². The Morgan fingerprint density at radius 3 is 2.13 bits per heavy atom. The van der Waals surface area contributed by atoms with Crippen LogP contribution in [0.2, 0.25) is 5.02 Å². The van der Waals surface area contributed by atoms with Gasteiger partial charge in [-0.25, -0.2) is 12.8 Å². The van der Waals surface area contributed by atoms with Crippen molar-refractivity contribution < 1.29 is 27.1 Å². The summed E-state index contributed by atoms with van der Waals surface area (Å²) in [5.41, 5.74) is 0.287. The average Bonchev–Trinajstić information content (AvgIpc) is 3.02. The van der Waals surface area contributed by atoms with Gasteiger partial charge in [-0.05, 0) is 62.7 Å². The van der Waals surface area contributed by atoms with Crippen LogP contribution in [0.25, 0.3) is 0 Å². The molecule has 242 valence electrons. The maximum atomic E-state index is 15.1. The van der Waals surface area contributed by atoms with Crippen LogP contribution in [0.3, 0.4) is 0 Å². The number of halogens is 2. The number of carbonyl (C=O) groups excluding carboxylic acids is 2. The first kappa shape index (κ1) is 34.5. The first-order valence-corrected chi connectivity index (χ1v) is 16.4. The molecule has 0 aliphatic heterocycles. The lowest BCUT2D eigenvalue weighted by Crippen LogP contribution is -2.56. The van der Waals surface area contributed by atoms with Crippen molar-refractivity contribution in [2.75, 3.05) is 18.0 Å². The minimum atomic E-state index is -4.37. The van der Waals surface area contributed by atoms with E-state index >= 15 is 4.39 Å². The van der Waals surface area contributed by atoms with Gasteiger partial charge in [-0.1, -0.05) is 78.3 Å². The van der Waals surface area contributed by atoms with Crippen LogP contribution >= 0.6 is 11.6 Å². The molecule has 0 saturated carbocycles. The van der Waals surface area contributed by atoms with Crippen molar-refractivity contribution in [2.24, 2.45) is 0 Å². The molecule has 1 N–H and O–H groups in total. The van der Waals surface area contributed by atoms with Gasteiger partial charge in [-0.3, -0.25) is 13.9 Å². The number of hydrogen-bond donors (Lipinski definition) is 1. The van der Waals surface area contributed by atoms with E-state index in [4.69, 9.17) is 16.3 Å². The molecule has 46 heavy (non-hydrogen) atoms. The normalized spacial score (nSPS) is 12.2. The molecule has 1 atom stereocenters. The summed E-state index contributed by atoms with van der Waals surface area (Å²) >= 11 is 6.31. The lowest BCUT2D eigenvalue weighted by Gasteiger charge is -2.35. The maximum Gasteiger partial charge on any atom is 0.264 e. The highest BCUT2D eigenvalue weighted by molar-refractivity contribution is 7.92. The molecule has 0 fully saturated rings. The molecule has 2 amide bonds. The second-order valence-corrected chi connectivity index (χ2v) is 14.0. The second kappa shape index (κ2) is 14.8. The summed E-state index contributed by atoms with van der Waals surface area (Å²) in [6.07, 6.45) is 0.0921. The summed E-state index contributed by atoms with van der Waals surface area (Å²) in [4.78, 5) is 29.6. The Bertz CT molecular complexity index is 1770.